The van der Waals surface area contributed by atoms with Crippen LogP contribution < -0.4 is 10.6 Å². The van der Waals surface area contributed by atoms with E-state index in [9.17, 15) is 14.4 Å². The van der Waals surface area contributed by atoms with Crippen molar-refractivity contribution in [3.63, 3.8) is 0 Å². The average molecular weight is 441 g/mol. The average Bonchev–Trinajstić information content (AvgIpc) is 3.01. The van der Waals surface area contributed by atoms with Crippen molar-refractivity contribution in [2.45, 2.75) is 27.3 Å². The Balaban J connectivity index is 1.75. The predicted molar refractivity (Wildman–Crippen MR) is 127 cm³/mol. The maximum Gasteiger partial charge on any atom is 0.278 e. The van der Waals surface area contributed by atoms with Gasteiger partial charge in [-0.3, -0.25) is 24.3 Å². The summed E-state index contributed by atoms with van der Waals surface area (Å²) >= 11 is 0. The smallest absolute Gasteiger partial charge is 0.278 e. The fourth-order valence-corrected chi connectivity index (χ4v) is 3.69. The molecule has 0 unspecified atom stereocenters. The van der Waals surface area contributed by atoms with Gasteiger partial charge < -0.3 is 10.6 Å². The molecule has 0 fully saturated rings. The van der Waals surface area contributed by atoms with Crippen molar-refractivity contribution in [1.82, 2.24) is 9.88 Å². The van der Waals surface area contributed by atoms with Crippen LogP contribution in [0.3, 0.4) is 0 Å². The van der Waals surface area contributed by atoms with Crippen molar-refractivity contribution in [1.29, 1.82) is 0 Å². The van der Waals surface area contributed by atoms with Crippen molar-refractivity contribution in [3.05, 3.63) is 94.9 Å². The van der Waals surface area contributed by atoms with Gasteiger partial charge in [0.1, 0.15) is 5.70 Å². The molecule has 1 aromatic heterocycles. The van der Waals surface area contributed by atoms with Crippen LogP contribution in [0.15, 0.2) is 72.6 Å². The first kappa shape index (κ1) is 22.0. The largest absolute Gasteiger partial charge is 0.350 e. The molecule has 3 aromatic rings. The maximum absolute atomic E-state index is 13.4. The summed E-state index contributed by atoms with van der Waals surface area (Å²) < 4.78 is 0. The third-order valence-electron chi connectivity index (χ3n) is 5.36. The minimum Gasteiger partial charge on any atom is -0.350 e. The SMILES string of the molecule is CC(=O)Nc1ccc(C2=C(Nc3cc(C)ccc3C)C(=O)N(Cc3ccccn3)C2=O)cc1. The molecular formula is C26H24N4O3. The highest BCUT2D eigenvalue weighted by molar-refractivity contribution is 6.36. The molecule has 2 N–H and O–H groups in total. The van der Waals surface area contributed by atoms with E-state index in [2.05, 4.69) is 15.6 Å². The van der Waals surface area contributed by atoms with Gasteiger partial charge in [-0.05, 0) is 60.9 Å². The van der Waals surface area contributed by atoms with Crippen LogP contribution in [0, 0.1) is 13.8 Å². The summed E-state index contributed by atoms with van der Waals surface area (Å²) in [5, 5.41) is 5.93. The molecule has 0 aliphatic carbocycles. The Morgan fingerprint density at radius 2 is 1.73 bits per heavy atom. The van der Waals surface area contributed by atoms with Gasteiger partial charge in [0.25, 0.3) is 11.8 Å². The highest BCUT2D eigenvalue weighted by Gasteiger charge is 2.39. The zero-order valence-electron chi connectivity index (χ0n) is 18.7. The number of anilines is 2. The van der Waals surface area contributed by atoms with Crippen LogP contribution in [-0.2, 0) is 20.9 Å². The fourth-order valence-electron chi connectivity index (χ4n) is 3.69. The molecule has 7 nitrogen and oxygen atoms in total. The summed E-state index contributed by atoms with van der Waals surface area (Å²) in [4.78, 5) is 43.7. The topological polar surface area (TPSA) is 91.4 Å². The highest BCUT2D eigenvalue weighted by atomic mass is 16.2. The number of hydrogen-bond donors (Lipinski definition) is 2. The Morgan fingerprint density at radius 3 is 2.39 bits per heavy atom. The molecule has 0 saturated heterocycles. The van der Waals surface area contributed by atoms with E-state index in [1.54, 1.807) is 42.6 Å². The molecule has 4 rings (SSSR count). The molecular weight excluding hydrogens is 416 g/mol. The van der Waals surface area contributed by atoms with Gasteiger partial charge in [0.15, 0.2) is 0 Å². The van der Waals surface area contributed by atoms with Gasteiger partial charge in [0.05, 0.1) is 17.8 Å². The van der Waals surface area contributed by atoms with Gasteiger partial charge in [-0.25, -0.2) is 0 Å². The Morgan fingerprint density at radius 1 is 0.970 bits per heavy atom. The summed E-state index contributed by atoms with van der Waals surface area (Å²) in [5.41, 5.74) is 5.06. The van der Waals surface area contributed by atoms with Gasteiger partial charge >= 0.3 is 0 Å². The number of hydrogen-bond acceptors (Lipinski definition) is 5. The van der Waals surface area contributed by atoms with E-state index < -0.39 is 11.8 Å². The van der Waals surface area contributed by atoms with E-state index in [4.69, 9.17) is 0 Å². The molecule has 2 aromatic carbocycles. The van der Waals surface area contributed by atoms with E-state index in [1.165, 1.54) is 11.8 Å². The molecule has 1 aliphatic rings. The molecule has 3 amide bonds. The Kier molecular flexibility index (Phi) is 6.04. The summed E-state index contributed by atoms with van der Waals surface area (Å²) in [6, 6.07) is 18.1. The number of nitrogens with one attached hydrogen (secondary N) is 2. The minimum atomic E-state index is -0.410. The van der Waals surface area contributed by atoms with E-state index in [0.29, 0.717) is 16.9 Å². The monoisotopic (exact) mass is 440 g/mol. The van der Waals surface area contributed by atoms with E-state index >= 15 is 0 Å². The number of imide groups is 1. The summed E-state index contributed by atoms with van der Waals surface area (Å²) in [7, 11) is 0. The van der Waals surface area contributed by atoms with Crippen LogP contribution in [-0.4, -0.2) is 27.6 Å². The lowest BCUT2D eigenvalue weighted by Gasteiger charge is -2.15. The molecule has 33 heavy (non-hydrogen) atoms. The lowest BCUT2D eigenvalue weighted by atomic mass is 10.0. The second-order valence-corrected chi connectivity index (χ2v) is 7.97. The third-order valence-corrected chi connectivity index (χ3v) is 5.36. The van der Waals surface area contributed by atoms with Crippen LogP contribution in [0.4, 0.5) is 11.4 Å². The van der Waals surface area contributed by atoms with Gasteiger partial charge in [0.2, 0.25) is 5.91 Å². The standard InChI is InChI=1S/C26H24N4O3/c1-16-7-8-17(2)22(14-16)29-24-23(19-9-11-20(12-10-19)28-18(3)31)25(32)30(26(24)33)15-21-6-4-5-13-27-21/h4-14,29H,15H2,1-3H3,(H,28,31). The first-order chi connectivity index (χ1) is 15.8. The number of nitrogens with zero attached hydrogens (tertiary/aromatic N) is 2. The summed E-state index contributed by atoms with van der Waals surface area (Å²) in [6.07, 6.45) is 1.63. The maximum atomic E-state index is 13.4. The van der Waals surface area contributed by atoms with Crippen LogP contribution in [0.5, 0.6) is 0 Å². The first-order valence-corrected chi connectivity index (χ1v) is 10.6. The normalized spacial score (nSPS) is 13.5. The first-order valence-electron chi connectivity index (χ1n) is 10.6. The Hall–Kier alpha value is -4.26. The third kappa shape index (κ3) is 4.67. The molecule has 0 spiro atoms. The quantitative estimate of drug-likeness (QED) is 0.565. The van der Waals surface area contributed by atoms with Crippen LogP contribution in [0.1, 0.15) is 29.3 Å². The molecule has 166 valence electrons. The highest BCUT2D eigenvalue weighted by Crippen LogP contribution is 2.32. The van der Waals surface area contributed by atoms with Crippen molar-refractivity contribution in [2.75, 3.05) is 10.6 Å². The number of pyridine rings is 1. The summed E-state index contributed by atoms with van der Waals surface area (Å²) in [5.74, 6) is -0.994. The van der Waals surface area contributed by atoms with Crippen LogP contribution >= 0.6 is 0 Å². The molecule has 7 heteroatoms. The number of amides is 3. The number of aromatic nitrogens is 1. The second kappa shape index (κ2) is 9.08. The van der Waals surface area contributed by atoms with E-state index in [-0.39, 0.29) is 23.7 Å². The second-order valence-electron chi connectivity index (χ2n) is 7.97. The fraction of sp³-hybridized carbons (Fsp3) is 0.154. The van der Waals surface area contributed by atoms with E-state index in [1.807, 2.05) is 38.1 Å². The molecule has 1 aliphatic heterocycles. The number of aryl methyl sites for hydroxylation is 2. The molecule has 0 atom stereocenters. The van der Waals surface area contributed by atoms with E-state index in [0.717, 1.165) is 16.8 Å². The number of carbonyl (C=O) groups excluding carboxylic acids is 3. The molecule has 0 bridgehead atoms. The Bertz CT molecular complexity index is 1260. The number of benzene rings is 2. The van der Waals surface area contributed by atoms with Crippen LogP contribution in [0.2, 0.25) is 0 Å². The lowest BCUT2D eigenvalue weighted by molar-refractivity contribution is -0.137. The van der Waals surface area contributed by atoms with Crippen molar-refractivity contribution >= 4 is 34.7 Å². The molecule has 0 radical (unpaired) electrons. The van der Waals surface area contributed by atoms with Crippen molar-refractivity contribution < 1.29 is 14.4 Å². The van der Waals surface area contributed by atoms with Gasteiger partial charge in [0, 0.05) is 24.5 Å². The molecule has 0 saturated carbocycles. The summed E-state index contributed by atoms with van der Waals surface area (Å²) in [6.45, 7) is 5.41. The zero-order chi connectivity index (χ0) is 23.5. The van der Waals surface area contributed by atoms with Gasteiger partial charge in [-0.15, -0.1) is 0 Å². The zero-order valence-corrected chi connectivity index (χ0v) is 18.7. The van der Waals surface area contributed by atoms with Crippen molar-refractivity contribution in [2.24, 2.45) is 0 Å². The Labute approximate surface area is 192 Å². The van der Waals surface area contributed by atoms with Gasteiger partial charge in [-0.2, -0.15) is 0 Å². The predicted octanol–water partition coefficient (Wildman–Crippen LogP) is 4.05. The minimum absolute atomic E-state index is 0.0734. The molecule has 2 heterocycles. The number of rotatable bonds is 6. The number of carbonyl (C=O) groups is 3. The lowest BCUT2D eigenvalue weighted by Crippen LogP contribution is -2.32. The van der Waals surface area contributed by atoms with Crippen LogP contribution in [0.25, 0.3) is 5.57 Å². The van der Waals surface area contributed by atoms with Gasteiger partial charge in [-0.1, -0.05) is 30.3 Å². The van der Waals surface area contributed by atoms with Crippen molar-refractivity contribution in [3.8, 4) is 0 Å².